The molecule has 9 aromatic rings. The van der Waals surface area contributed by atoms with Crippen LogP contribution in [-0.2, 0) is 10.8 Å². The van der Waals surface area contributed by atoms with Crippen LogP contribution in [-0.4, -0.2) is 42.7 Å². The molecule has 0 fully saturated rings. The van der Waals surface area contributed by atoms with Gasteiger partial charge < -0.3 is 14.7 Å². The fourth-order valence-electron chi connectivity index (χ4n) is 9.16. The van der Waals surface area contributed by atoms with Crippen molar-refractivity contribution >= 4 is 17.1 Å². The lowest BCUT2D eigenvalue weighted by atomic mass is 9.78. The molecule has 1 aliphatic carbocycles. The average molecular weight is 1220 g/mol. The Hall–Kier alpha value is -7.97. The molecule has 0 N–H and O–H groups in total. The molecule has 0 aromatic heterocycles. The van der Waals surface area contributed by atoms with Gasteiger partial charge in [-0.15, -0.1) is 0 Å². The van der Waals surface area contributed by atoms with Gasteiger partial charge in [0.05, 0.1) is 11.6 Å². The van der Waals surface area contributed by atoms with Crippen molar-refractivity contribution in [1.29, 1.82) is 5.26 Å². The Labute approximate surface area is 560 Å². The van der Waals surface area contributed by atoms with Gasteiger partial charge in [-0.2, -0.15) is 5.26 Å². The highest BCUT2D eigenvalue weighted by atomic mass is 15.2. The number of benzene rings is 9. The Morgan fingerprint density at radius 3 is 0.989 bits per heavy atom. The zero-order valence-electron chi connectivity index (χ0n) is 64.5. The van der Waals surface area contributed by atoms with Gasteiger partial charge in [0.1, 0.15) is 0 Å². The van der Waals surface area contributed by atoms with Gasteiger partial charge in [-0.3, -0.25) is 0 Å². The second-order valence-corrected chi connectivity index (χ2v) is 30.4. The van der Waals surface area contributed by atoms with Gasteiger partial charge in [0.25, 0.3) is 0 Å². The van der Waals surface area contributed by atoms with E-state index in [1.165, 1.54) is 72.7 Å². The quantitative estimate of drug-likeness (QED) is 0.176. The minimum atomic E-state index is -0.153. The number of fused-ring (bicyclic) bond motifs is 8. The van der Waals surface area contributed by atoms with Gasteiger partial charge >= 0.3 is 0 Å². The van der Waals surface area contributed by atoms with Gasteiger partial charge in [0.15, 0.2) is 0 Å². The number of anilines is 3. The van der Waals surface area contributed by atoms with Crippen molar-refractivity contribution in [3.63, 3.8) is 0 Å². The fourth-order valence-corrected chi connectivity index (χ4v) is 9.16. The van der Waals surface area contributed by atoms with E-state index in [1.54, 1.807) is 6.92 Å². The van der Waals surface area contributed by atoms with Crippen LogP contribution in [0.4, 0.5) is 17.1 Å². The summed E-state index contributed by atoms with van der Waals surface area (Å²) in [4.78, 5) is 6.81. The van der Waals surface area contributed by atoms with E-state index in [2.05, 4.69) is 342 Å². The van der Waals surface area contributed by atoms with Crippen molar-refractivity contribution < 1.29 is 5.48 Å². The lowest BCUT2D eigenvalue weighted by Crippen LogP contribution is -2.37. The number of nitriles is 1. The summed E-state index contributed by atoms with van der Waals surface area (Å²) in [5.74, 6) is 0.833. The predicted octanol–water partition coefficient (Wildman–Crippen LogP) is 25.0. The lowest BCUT2D eigenvalue weighted by Gasteiger charge is -2.37. The first-order valence-electron chi connectivity index (χ1n) is 34.4. The van der Waals surface area contributed by atoms with E-state index < -0.39 is 0 Å². The third kappa shape index (κ3) is 24.3. The van der Waals surface area contributed by atoms with Crippen LogP contribution >= 0.6 is 0 Å². The fraction of sp³-hybridized carbons (Fsp3) is 0.368. The molecule has 9 aromatic carbocycles. The Morgan fingerprint density at radius 2 is 0.681 bits per heavy atom. The molecule has 482 valence electrons. The van der Waals surface area contributed by atoms with Crippen LogP contribution in [0.3, 0.4) is 0 Å². The lowest BCUT2D eigenvalue weighted by molar-refractivity contribution is 0.219. The predicted molar refractivity (Wildman–Crippen MR) is 404 cm³/mol. The number of hydrogen-bond donors (Lipinski definition) is 0. The van der Waals surface area contributed by atoms with Gasteiger partial charge in [0.2, 0.25) is 0 Å². The number of nitrogens with zero attached hydrogens (tertiary/aromatic N) is 4. The van der Waals surface area contributed by atoms with Crippen LogP contribution in [0, 0.1) is 29.6 Å². The maximum Gasteiger partial charge on any atom is 0.0680 e. The molecule has 4 heteroatoms. The molecule has 0 atom stereocenters. The van der Waals surface area contributed by atoms with E-state index >= 15 is 0 Å². The molecule has 91 heavy (non-hydrogen) atoms. The zero-order chi connectivity index (χ0) is 71.6. The molecule has 0 bridgehead atoms. The zero-order valence-corrected chi connectivity index (χ0v) is 60.5. The molecule has 0 radical (unpaired) electrons. The standard InChI is InChI=1S/C28H24.C17H20.C16H19N.C11H17N.C6H15N.C5H9N.C4H10/c1-28(2,3)19-16-17-26-24-14-7-6-12-22(24)20-10-4-5-11-21(20)23-13-8-9-15-25(23)27(26)18-19;1-13-6-5-7-15(12-13)14-8-10-16(11-9-14)17(2,3)4;1-16(2,3)17(14-10-6-4-7-11-14)15-12-8-5-9-13-15;1-11(2,3)12(4)10-8-6-5-7-9-10;1-6(2,3)7(4)5;1-5(2,3)4-6;1-4(2)3/h4-18H,1-3H3;5-12H,1-4H3;4-13H,1-3H3;5-9H,1-4H3;1-5H3;1-3H3;4H,1-3H3/i;5D,6D,7D,12D;;;;;. The second-order valence-electron chi connectivity index (χ2n) is 30.4. The van der Waals surface area contributed by atoms with E-state index in [0.29, 0.717) is 16.7 Å². The SMILES string of the molecule is CC(C)(C)C#N.CC(C)(C)N(c1ccccc1)c1ccccc1.CC(C)(C)c1ccc2c(c1)-c1ccccc1-c1ccccc1-c1ccccc1-2.CC(C)C.CN(C)C(C)(C)C.CN(c1ccccc1)C(C)(C)C.[2H]c1c([2H])c(C)c([2H])c(-c2ccc(C(C)(C)C)cc2)c1[2H]. The minimum absolute atomic E-state index is 0.0277. The Bertz CT molecular complexity index is 3780. The molecule has 0 spiro atoms. The highest BCUT2D eigenvalue weighted by Crippen LogP contribution is 2.48. The Kier molecular flexibility index (Phi) is 25.3. The highest BCUT2D eigenvalue weighted by molar-refractivity contribution is 6.03. The molecule has 0 aliphatic heterocycles. The van der Waals surface area contributed by atoms with E-state index in [4.69, 9.17) is 10.7 Å². The monoisotopic (exact) mass is 1220 g/mol. The van der Waals surface area contributed by atoms with Gasteiger partial charge in [-0.25, -0.2) is 0 Å². The molecular weight excluding hydrogens is 1100 g/mol. The Morgan fingerprint density at radius 1 is 0.374 bits per heavy atom. The average Bonchev–Trinajstić information content (AvgIpc) is 0.749. The molecule has 10 rings (SSSR count). The number of para-hydroxylation sites is 3. The van der Waals surface area contributed by atoms with Crippen molar-refractivity contribution in [2.75, 3.05) is 30.9 Å². The summed E-state index contributed by atoms with van der Waals surface area (Å²) in [6.45, 7) is 46.9. The van der Waals surface area contributed by atoms with Gasteiger partial charge in [0, 0.05) is 46.1 Å². The largest absolute Gasteiger partial charge is 0.370 e. The molecule has 0 amide bonds. The first-order chi connectivity index (χ1) is 44.0. The van der Waals surface area contributed by atoms with Crippen molar-refractivity contribution in [2.24, 2.45) is 11.3 Å². The molecule has 0 unspecified atom stereocenters. The molecule has 0 heterocycles. The van der Waals surface area contributed by atoms with Crippen molar-refractivity contribution in [1.82, 2.24) is 4.90 Å². The summed E-state index contributed by atoms with van der Waals surface area (Å²) in [5, 5.41) is 8.15. The van der Waals surface area contributed by atoms with Crippen molar-refractivity contribution in [3.8, 4) is 61.7 Å². The normalized spacial score (nSPS) is 12.2. The number of rotatable bonds is 4. The van der Waals surface area contributed by atoms with E-state index in [0.717, 1.165) is 11.5 Å². The summed E-state index contributed by atoms with van der Waals surface area (Å²) < 4.78 is 31.9. The summed E-state index contributed by atoms with van der Waals surface area (Å²) in [6, 6.07) is 74.8. The smallest absolute Gasteiger partial charge is 0.0680 e. The topological polar surface area (TPSA) is 33.5 Å². The van der Waals surface area contributed by atoms with Crippen molar-refractivity contribution in [2.45, 2.75) is 180 Å². The molecule has 4 nitrogen and oxygen atoms in total. The van der Waals surface area contributed by atoms with Crippen LogP contribution in [0.1, 0.15) is 168 Å². The maximum atomic E-state index is 8.16. The maximum absolute atomic E-state index is 8.16. The van der Waals surface area contributed by atoms with E-state index in [9.17, 15) is 0 Å². The molecule has 0 saturated heterocycles. The first-order valence-corrected chi connectivity index (χ1v) is 32.4. The van der Waals surface area contributed by atoms with Crippen LogP contribution < -0.4 is 9.80 Å². The molecular formula is C87H114N4. The van der Waals surface area contributed by atoms with Crippen LogP contribution in [0.5, 0.6) is 0 Å². The molecule has 1 aliphatic rings. The number of hydrogen-bond acceptors (Lipinski definition) is 4. The third-order valence-corrected chi connectivity index (χ3v) is 15.1. The summed E-state index contributed by atoms with van der Waals surface area (Å²) in [6.07, 6.45) is 0. The third-order valence-electron chi connectivity index (χ3n) is 15.1. The second kappa shape index (κ2) is 33.4. The van der Waals surface area contributed by atoms with Gasteiger partial charge in [-0.1, -0.05) is 256 Å². The van der Waals surface area contributed by atoms with Crippen LogP contribution in [0.25, 0.3) is 55.6 Å². The highest BCUT2D eigenvalue weighted by Gasteiger charge is 2.25. The summed E-state index contributed by atoms with van der Waals surface area (Å²) >= 11 is 0. The first kappa shape index (κ1) is 68.9. The minimum Gasteiger partial charge on any atom is -0.370 e. The van der Waals surface area contributed by atoms with Crippen LogP contribution in [0.15, 0.2) is 230 Å². The summed E-state index contributed by atoms with van der Waals surface area (Å²) in [5.41, 5.74) is 19.0. The van der Waals surface area contributed by atoms with E-state index in [-0.39, 0.29) is 51.5 Å². The Balaban J connectivity index is 0.000000256. The van der Waals surface area contributed by atoms with Crippen LogP contribution in [0.2, 0.25) is 0 Å². The molecule has 0 saturated carbocycles. The van der Waals surface area contributed by atoms with Crippen molar-refractivity contribution in [3.05, 3.63) is 247 Å². The van der Waals surface area contributed by atoms with Gasteiger partial charge in [-0.05, 0) is 230 Å². The summed E-state index contributed by atoms with van der Waals surface area (Å²) in [7, 11) is 6.29. The van der Waals surface area contributed by atoms with E-state index in [1.807, 2.05) is 51.1 Å².